The van der Waals surface area contributed by atoms with Gasteiger partial charge in [-0.1, -0.05) is 49.4 Å². The van der Waals surface area contributed by atoms with Gasteiger partial charge in [0.25, 0.3) is 0 Å². The fourth-order valence-electron chi connectivity index (χ4n) is 2.02. The van der Waals surface area contributed by atoms with Crippen molar-refractivity contribution in [2.24, 2.45) is 0 Å². The van der Waals surface area contributed by atoms with E-state index in [9.17, 15) is 0 Å². The number of benzene rings is 2. The van der Waals surface area contributed by atoms with Crippen LogP contribution in [0.25, 0.3) is 0 Å². The normalized spacial score (nSPS) is 12.3. The van der Waals surface area contributed by atoms with Crippen LogP contribution in [-0.2, 0) is 5.75 Å². The van der Waals surface area contributed by atoms with Crippen LogP contribution < -0.4 is 5.32 Å². The second kappa shape index (κ2) is 7.37. The van der Waals surface area contributed by atoms with E-state index in [0.717, 1.165) is 12.3 Å². The van der Waals surface area contributed by atoms with Crippen LogP contribution in [0, 0.1) is 0 Å². The molecule has 2 rings (SSSR count). The predicted molar refractivity (Wildman–Crippen MR) is 84.5 cm³/mol. The van der Waals surface area contributed by atoms with Gasteiger partial charge < -0.3 is 5.32 Å². The van der Waals surface area contributed by atoms with Gasteiger partial charge in [-0.2, -0.15) is 0 Å². The summed E-state index contributed by atoms with van der Waals surface area (Å²) < 4.78 is 0. The van der Waals surface area contributed by atoms with E-state index in [1.807, 2.05) is 11.8 Å². The molecule has 2 aromatic carbocycles. The maximum absolute atomic E-state index is 3.43. The van der Waals surface area contributed by atoms with Crippen molar-refractivity contribution in [3.05, 3.63) is 65.7 Å². The van der Waals surface area contributed by atoms with Crippen molar-refractivity contribution in [3.8, 4) is 0 Å². The van der Waals surface area contributed by atoms with Crippen LogP contribution in [0.15, 0.2) is 59.5 Å². The van der Waals surface area contributed by atoms with Gasteiger partial charge in [-0.15, -0.1) is 11.8 Å². The lowest BCUT2D eigenvalue weighted by Gasteiger charge is -2.13. The van der Waals surface area contributed by atoms with Crippen molar-refractivity contribution in [1.29, 1.82) is 0 Å². The first kappa shape index (κ1) is 14.2. The van der Waals surface area contributed by atoms with Crippen LogP contribution in [0.4, 0.5) is 0 Å². The SMILES string of the molecule is CCNC(C)c1ccc(SCc2ccccc2)cc1. The van der Waals surface area contributed by atoms with Gasteiger partial charge in [-0.25, -0.2) is 0 Å². The Morgan fingerprint density at radius 2 is 1.68 bits per heavy atom. The Bertz CT molecular complexity index is 478. The van der Waals surface area contributed by atoms with Crippen molar-refractivity contribution >= 4 is 11.8 Å². The number of nitrogens with one attached hydrogen (secondary N) is 1. The second-order valence-corrected chi connectivity index (χ2v) is 5.67. The van der Waals surface area contributed by atoms with E-state index in [2.05, 4.69) is 73.8 Å². The molecule has 0 saturated heterocycles. The molecule has 0 aliphatic heterocycles. The summed E-state index contributed by atoms with van der Waals surface area (Å²) in [5.41, 5.74) is 2.73. The molecular formula is C17H21NS. The third-order valence-electron chi connectivity index (χ3n) is 3.14. The van der Waals surface area contributed by atoms with E-state index in [0.29, 0.717) is 6.04 Å². The van der Waals surface area contributed by atoms with E-state index < -0.39 is 0 Å². The van der Waals surface area contributed by atoms with Crippen molar-refractivity contribution in [3.63, 3.8) is 0 Å². The number of rotatable bonds is 6. The van der Waals surface area contributed by atoms with Gasteiger partial charge in [0.05, 0.1) is 0 Å². The molecule has 2 heteroatoms. The second-order valence-electron chi connectivity index (χ2n) is 4.62. The summed E-state index contributed by atoms with van der Waals surface area (Å²) in [6, 6.07) is 19.9. The molecule has 1 unspecified atom stereocenters. The highest BCUT2D eigenvalue weighted by Crippen LogP contribution is 2.24. The first-order valence-electron chi connectivity index (χ1n) is 6.79. The first-order valence-corrected chi connectivity index (χ1v) is 7.78. The van der Waals surface area contributed by atoms with E-state index in [4.69, 9.17) is 0 Å². The summed E-state index contributed by atoms with van der Waals surface area (Å²) in [7, 11) is 0. The molecule has 0 aromatic heterocycles. The van der Waals surface area contributed by atoms with Crippen molar-refractivity contribution in [1.82, 2.24) is 5.32 Å². The van der Waals surface area contributed by atoms with E-state index in [1.165, 1.54) is 16.0 Å². The fraction of sp³-hybridized carbons (Fsp3) is 0.294. The molecule has 0 amide bonds. The Labute approximate surface area is 120 Å². The summed E-state index contributed by atoms with van der Waals surface area (Å²) in [6.07, 6.45) is 0. The molecule has 19 heavy (non-hydrogen) atoms. The highest BCUT2D eigenvalue weighted by molar-refractivity contribution is 7.98. The quantitative estimate of drug-likeness (QED) is 0.768. The zero-order valence-electron chi connectivity index (χ0n) is 11.6. The summed E-state index contributed by atoms with van der Waals surface area (Å²) in [6.45, 7) is 5.35. The van der Waals surface area contributed by atoms with Crippen LogP contribution in [0.3, 0.4) is 0 Å². The van der Waals surface area contributed by atoms with E-state index in [-0.39, 0.29) is 0 Å². The van der Waals surface area contributed by atoms with Gasteiger partial charge in [0.15, 0.2) is 0 Å². The lowest BCUT2D eigenvalue weighted by atomic mass is 10.1. The lowest BCUT2D eigenvalue weighted by molar-refractivity contribution is 0.598. The average Bonchev–Trinajstić information content (AvgIpc) is 2.47. The molecule has 0 aliphatic rings. The minimum Gasteiger partial charge on any atom is -0.310 e. The predicted octanol–water partition coefficient (Wildman–Crippen LogP) is 4.65. The molecule has 0 saturated carbocycles. The Balaban J connectivity index is 1.92. The van der Waals surface area contributed by atoms with E-state index >= 15 is 0 Å². The first-order chi connectivity index (χ1) is 9.29. The average molecular weight is 271 g/mol. The maximum Gasteiger partial charge on any atom is 0.0291 e. The molecule has 0 fully saturated rings. The minimum absolute atomic E-state index is 0.429. The van der Waals surface area contributed by atoms with Crippen LogP contribution in [0.2, 0.25) is 0 Å². The van der Waals surface area contributed by atoms with Gasteiger partial charge in [0, 0.05) is 16.7 Å². The summed E-state index contributed by atoms with van der Waals surface area (Å²) in [5, 5.41) is 3.43. The highest BCUT2D eigenvalue weighted by atomic mass is 32.2. The van der Waals surface area contributed by atoms with Gasteiger partial charge in [-0.3, -0.25) is 0 Å². The zero-order chi connectivity index (χ0) is 13.5. The third-order valence-corrected chi connectivity index (χ3v) is 4.22. The highest BCUT2D eigenvalue weighted by Gasteiger charge is 2.03. The molecule has 0 spiro atoms. The molecule has 0 radical (unpaired) electrons. The molecule has 2 aromatic rings. The number of hydrogen-bond donors (Lipinski definition) is 1. The topological polar surface area (TPSA) is 12.0 Å². The van der Waals surface area contributed by atoms with E-state index in [1.54, 1.807) is 0 Å². The van der Waals surface area contributed by atoms with Crippen LogP contribution >= 0.6 is 11.8 Å². The zero-order valence-corrected chi connectivity index (χ0v) is 12.4. The third kappa shape index (κ3) is 4.41. The van der Waals surface area contributed by atoms with Gasteiger partial charge in [-0.05, 0) is 36.7 Å². The molecular weight excluding hydrogens is 250 g/mol. The van der Waals surface area contributed by atoms with Gasteiger partial charge >= 0.3 is 0 Å². The van der Waals surface area contributed by atoms with Crippen LogP contribution in [0.5, 0.6) is 0 Å². The van der Waals surface area contributed by atoms with Gasteiger partial charge in [0.2, 0.25) is 0 Å². The van der Waals surface area contributed by atoms with Gasteiger partial charge in [0.1, 0.15) is 0 Å². The number of thioether (sulfide) groups is 1. The van der Waals surface area contributed by atoms with Crippen LogP contribution in [-0.4, -0.2) is 6.54 Å². The lowest BCUT2D eigenvalue weighted by Crippen LogP contribution is -2.17. The Morgan fingerprint density at radius 1 is 1.00 bits per heavy atom. The molecule has 1 nitrogen and oxygen atoms in total. The molecule has 0 bridgehead atoms. The standard InChI is InChI=1S/C17H21NS/c1-3-18-14(2)16-9-11-17(12-10-16)19-13-15-7-5-4-6-8-15/h4-12,14,18H,3,13H2,1-2H3. The Kier molecular flexibility index (Phi) is 5.49. The molecule has 1 atom stereocenters. The minimum atomic E-state index is 0.429. The summed E-state index contributed by atoms with van der Waals surface area (Å²) >= 11 is 1.89. The Hall–Kier alpha value is -1.25. The molecule has 0 heterocycles. The molecule has 0 aliphatic carbocycles. The Morgan fingerprint density at radius 3 is 2.32 bits per heavy atom. The summed E-state index contributed by atoms with van der Waals surface area (Å²) in [5.74, 6) is 1.03. The van der Waals surface area contributed by atoms with Crippen molar-refractivity contribution < 1.29 is 0 Å². The molecule has 100 valence electrons. The summed E-state index contributed by atoms with van der Waals surface area (Å²) in [4.78, 5) is 1.33. The molecule has 1 N–H and O–H groups in total. The smallest absolute Gasteiger partial charge is 0.0291 e. The van der Waals surface area contributed by atoms with Crippen molar-refractivity contribution in [2.75, 3.05) is 6.54 Å². The fourth-order valence-corrected chi connectivity index (χ4v) is 2.87. The largest absolute Gasteiger partial charge is 0.310 e. The van der Waals surface area contributed by atoms with Crippen molar-refractivity contribution in [2.45, 2.75) is 30.5 Å². The maximum atomic E-state index is 3.43. The number of hydrogen-bond acceptors (Lipinski definition) is 2. The van der Waals surface area contributed by atoms with Crippen LogP contribution in [0.1, 0.15) is 31.0 Å². The monoisotopic (exact) mass is 271 g/mol.